The fourth-order valence-corrected chi connectivity index (χ4v) is 11.5. The number of halogens is 7. The van der Waals surface area contributed by atoms with Gasteiger partial charge in [0.25, 0.3) is 11.1 Å². The van der Waals surface area contributed by atoms with E-state index >= 15 is 0 Å². The number of rotatable bonds is 7. The number of nitrogens with two attached hydrogens (primary N) is 1. The lowest BCUT2D eigenvalue weighted by atomic mass is 10.0. The van der Waals surface area contributed by atoms with Crippen molar-refractivity contribution in [3.8, 4) is 11.4 Å². The van der Waals surface area contributed by atoms with Crippen LogP contribution in [-0.4, -0.2) is 78.4 Å². The molecule has 19 heteroatoms. The molecule has 10 nitrogen and oxygen atoms in total. The smallest absolute Gasteiger partial charge is 0.283 e. The predicted molar refractivity (Wildman–Crippen MR) is 287 cm³/mol. The minimum absolute atomic E-state index is 0. The van der Waals surface area contributed by atoms with Crippen molar-refractivity contribution in [3.05, 3.63) is 162 Å². The summed E-state index contributed by atoms with van der Waals surface area (Å²) in [4.78, 5) is 25.3. The topological polar surface area (TPSA) is 114 Å². The monoisotopic (exact) mass is 1080 g/mol. The zero-order valence-electron chi connectivity index (χ0n) is 37.2. The molecule has 2 saturated heterocycles. The van der Waals surface area contributed by atoms with Crippen molar-refractivity contribution < 1.29 is 18.4 Å². The molecule has 2 fully saturated rings. The first-order valence-electron chi connectivity index (χ1n) is 22.3. The van der Waals surface area contributed by atoms with E-state index in [0.29, 0.717) is 54.4 Å². The molecule has 0 radical (unpaired) electrons. The molecule has 368 valence electrons. The van der Waals surface area contributed by atoms with Crippen LogP contribution in [0.2, 0.25) is 20.1 Å². The average Bonchev–Trinajstić information content (AvgIpc) is 3.93. The van der Waals surface area contributed by atoms with Crippen LogP contribution in [0.15, 0.2) is 84.9 Å². The van der Waals surface area contributed by atoms with Gasteiger partial charge >= 0.3 is 0 Å². The summed E-state index contributed by atoms with van der Waals surface area (Å²) in [6, 6.07) is 22.9. The zero-order chi connectivity index (χ0) is 48.6. The van der Waals surface area contributed by atoms with E-state index in [4.69, 9.17) is 68.9 Å². The molecule has 4 aliphatic rings. The van der Waals surface area contributed by atoms with Crippen molar-refractivity contribution in [2.24, 2.45) is 5.84 Å². The molecule has 0 spiro atoms. The van der Waals surface area contributed by atoms with Gasteiger partial charge in [-0.1, -0.05) is 90.9 Å². The second-order valence-electron chi connectivity index (χ2n) is 16.7. The molecule has 1 amide bonds. The minimum Gasteiger partial charge on any atom is -0.283 e. The van der Waals surface area contributed by atoms with Gasteiger partial charge in [-0.25, -0.2) is 28.2 Å². The van der Waals surface area contributed by atoms with E-state index < -0.39 is 5.24 Å². The Labute approximate surface area is 440 Å². The Hall–Kier alpha value is -4.19. The fourth-order valence-electron chi connectivity index (χ4n) is 8.35. The third kappa shape index (κ3) is 13.3. The number of hydrazine groups is 2. The predicted octanol–water partition coefficient (Wildman–Crippen LogP) is 13.7. The number of aromatic nitrogens is 4. The molecular formula is C51H51Cl5F2N8O2S2. The van der Waals surface area contributed by atoms with Gasteiger partial charge in [-0.15, -0.1) is 0 Å². The van der Waals surface area contributed by atoms with Crippen LogP contribution in [0, 0.1) is 11.6 Å². The molecule has 0 aliphatic carbocycles. The number of carbonyl (C=O) groups is 2. The highest BCUT2D eigenvalue weighted by Crippen LogP contribution is 2.41. The summed E-state index contributed by atoms with van der Waals surface area (Å²) in [5.74, 6) is 7.37. The Morgan fingerprint density at radius 2 is 1.03 bits per heavy atom. The third-order valence-electron chi connectivity index (χ3n) is 11.7. The molecule has 6 aromatic rings. The molecule has 2 aromatic heterocycles. The summed E-state index contributed by atoms with van der Waals surface area (Å²) in [5, 5.41) is 14.3. The SMILES string of the molecule is C.NN1CCCCC1.O=C(Cl)c1nn(-c2ccc(Cl)cc2Cl)c2c1CSC/C2=C\c1ccc(F)cc1.O=C(NN1CCCCC1)c1nn(-c2ccc(Cl)cc2Cl)c2c1CSC/C2=C\c1ccc(F)cc1. The summed E-state index contributed by atoms with van der Waals surface area (Å²) in [6.07, 6.45) is 11.2. The number of hydrogen-bond donors (Lipinski definition) is 2. The van der Waals surface area contributed by atoms with E-state index in [1.165, 1.54) is 49.9 Å². The molecule has 0 bridgehead atoms. The number of thioether (sulfide) groups is 2. The second kappa shape index (κ2) is 25.0. The molecule has 3 N–H and O–H groups in total. The van der Waals surface area contributed by atoms with Gasteiger partial charge in [0.1, 0.15) is 17.3 Å². The lowest BCUT2D eigenvalue weighted by Crippen LogP contribution is -2.45. The Morgan fingerprint density at radius 3 is 1.44 bits per heavy atom. The van der Waals surface area contributed by atoms with Crippen LogP contribution in [0.1, 0.15) is 101 Å². The van der Waals surface area contributed by atoms with Crippen LogP contribution in [-0.2, 0) is 11.5 Å². The lowest BCUT2D eigenvalue weighted by Gasteiger charge is -2.26. The number of hydrogen-bond acceptors (Lipinski definition) is 9. The highest BCUT2D eigenvalue weighted by atomic mass is 35.5. The van der Waals surface area contributed by atoms with Crippen LogP contribution >= 0.6 is 81.5 Å². The van der Waals surface area contributed by atoms with E-state index in [1.807, 2.05) is 28.2 Å². The van der Waals surface area contributed by atoms with E-state index in [9.17, 15) is 18.4 Å². The number of carbonyl (C=O) groups excluding carboxylic acids is 2. The summed E-state index contributed by atoms with van der Waals surface area (Å²) in [7, 11) is 0. The van der Waals surface area contributed by atoms with E-state index in [1.54, 1.807) is 87.5 Å². The molecular weight excluding hydrogens is 1040 g/mol. The van der Waals surface area contributed by atoms with Crippen LogP contribution in [0.3, 0.4) is 0 Å². The Balaban J connectivity index is 0.000000181. The second-order valence-corrected chi connectivity index (χ2v) is 20.7. The van der Waals surface area contributed by atoms with Gasteiger partial charge in [0, 0.05) is 70.4 Å². The van der Waals surface area contributed by atoms with Gasteiger partial charge in [0.15, 0.2) is 5.69 Å². The van der Waals surface area contributed by atoms with Gasteiger partial charge in [-0.3, -0.25) is 20.9 Å². The zero-order valence-corrected chi connectivity index (χ0v) is 42.6. The first-order chi connectivity index (χ1) is 33.3. The van der Waals surface area contributed by atoms with Crippen molar-refractivity contribution in [1.82, 2.24) is 35.0 Å². The summed E-state index contributed by atoms with van der Waals surface area (Å²) in [5.41, 5.74) is 11.8. The number of benzene rings is 4. The summed E-state index contributed by atoms with van der Waals surface area (Å²) >= 11 is 34.3. The molecule has 10 rings (SSSR count). The molecule has 4 aromatic carbocycles. The molecule has 0 atom stereocenters. The Morgan fingerprint density at radius 1 is 0.600 bits per heavy atom. The highest BCUT2D eigenvalue weighted by molar-refractivity contribution is 7.99. The molecule has 6 heterocycles. The maximum absolute atomic E-state index is 13.4. The van der Waals surface area contributed by atoms with E-state index in [0.717, 1.165) is 89.6 Å². The van der Waals surface area contributed by atoms with Crippen LogP contribution in [0.25, 0.3) is 34.7 Å². The van der Waals surface area contributed by atoms with Crippen LogP contribution in [0.4, 0.5) is 8.78 Å². The first-order valence-corrected chi connectivity index (χ1v) is 26.5. The number of piperidine rings is 2. The van der Waals surface area contributed by atoms with Crippen molar-refractivity contribution in [2.75, 3.05) is 37.7 Å². The van der Waals surface area contributed by atoms with Gasteiger partial charge in [-0.2, -0.15) is 33.7 Å². The largest absolute Gasteiger partial charge is 0.286 e. The number of amides is 1. The summed E-state index contributed by atoms with van der Waals surface area (Å²) in [6.45, 7) is 3.87. The Kier molecular flexibility index (Phi) is 19.1. The van der Waals surface area contributed by atoms with E-state index in [-0.39, 0.29) is 30.7 Å². The minimum atomic E-state index is -0.622. The first kappa shape index (κ1) is 53.6. The van der Waals surface area contributed by atoms with Gasteiger partial charge < -0.3 is 0 Å². The number of fused-ring (bicyclic) bond motifs is 2. The fraction of sp³-hybridized carbons (Fsp3) is 0.294. The molecule has 0 unspecified atom stereocenters. The Bertz CT molecular complexity index is 2880. The van der Waals surface area contributed by atoms with Crippen molar-refractivity contribution >= 4 is 116 Å². The maximum atomic E-state index is 13.4. The third-order valence-corrected chi connectivity index (χ3v) is 15.0. The standard InChI is InChI=1S/C25H23Cl2FN4OS.C20H12Cl3FN2OS.C5H12N2.CH4/c26-18-6-9-22(21(27)13-18)32-24-17(12-16-4-7-19(28)8-5-16)14-34-15-20(24)23(29-32)25(33)30-31-10-2-1-3-11-31;21-13-3-6-17(16(22)8-13)26-19-12(7-11-1-4-14(24)5-2-11)9-28-10-15(19)18(25-26)20(23)27;6-7-4-2-1-3-5-7;/h4-9,12-13H,1-3,10-11,14-15H2,(H,30,33);1-8H,9-10H2;1-6H2;1H4/b17-12+;12-7+;;. The average molecular weight is 1090 g/mol. The van der Waals surface area contributed by atoms with Gasteiger partial charge in [-0.05, 0) is 132 Å². The normalized spacial score (nSPS) is 17.0. The lowest BCUT2D eigenvalue weighted by molar-refractivity contribution is 0.0743. The molecule has 0 saturated carbocycles. The van der Waals surface area contributed by atoms with Crippen LogP contribution in [0.5, 0.6) is 0 Å². The van der Waals surface area contributed by atoms with Crippen LogP contribution < -0.4 is 11.3 Å². The number of nitrogens with zero attached hydrogens (tertiary/aromatic N) is 6. The molecule has 4 aliphatic heterocycles. The van der Waals surface area contributed by atoms with Crippen molar-refractivity contribution in [3.63, 3.8) is 0 Å². The quantitative estimate of drug-likeness (QED) is 0.119. The van der Waals surface area contributed by atoms with Gasteiger partial charge in [0.05, 0.1) is 32.8 Å². The maximum Gasteiger partial charge on any atom is 0.286 e. The highest BCUT2D eigenvalue weighted by Gasteiger charge is 2.31. The summed E-state index contributed by atoms with van der Waals surface area (Å²) < 4.78 is 30.1. The van der Waals surface area contributed by atoms with Crippen molar-refractivity contribution in [2.45, 2.75) is 57.5 Å². The number of nitrogens with one attached hydrogen (secondary N) is 1. The van der Waals surface area contributed by atoms with Gasteiger partial charge in [0.2, 0.25) is 0 Å². The molecule has 70 heavy (non-hydrogen) atoms. The van der Waals surface area contributed by atoms with Crippen molar-refractivity contribution in [1.29, 1.82) is 0 Å². The van der Waals surface area contributed by atoms with E-state index in [2.05, 4.69) is 10.5 Å².